The van der Waals surface area contributed by atoms with Crippen LogP contribution in [0.15, 0.2) is 18.2 Å². The molecule has 0 aliphatic carbocycles. The highest BCUT2D eigenvalue weighted by Crippen LogP contribution is 2.28. The number of benzene rings is 1. The number of hydrogen-bond donors (Lipinski definition) is 1. The van der Waals surface area contributed by atoms with Gasteiger partial charge in [0.1, 0.15) is 5.82 Å². The fourth-order valence-corrected chi connectivity index (χ4v) is 2.77. The molecule has 0 aromatic heterocycles. The van der Waals surface area contributed by atoms with Gasteiger partial charge in [0.2, 0.25) is 11.8 Å². The van der Waals surface area contributed by atoms with Gasteiger partial charge < -0.3 is 10.2 Å². The molecule has 1 aromatic carbocycles. The Hall–Kier alpha value is -1.62. The van der Waals surface area contributed by atoms with Crippen molar-refractivity contribution in [3.05, 3.63) is 29.0 Å². The highest BCUT2D eigenvalue weighted by Gasteiger charge is 2.35. The smallest absolute Gasteiger partial charge is 0.227 e. The second-order valence-electron chi connectivity index (χ2n) is 5.53. The summed E-state index contributed by atoms with van der Waals surface area (Å²) in [5.74, 6) is -1.15. The fraction of sp³-hybridized carbons (Fsp3) is 0.500. The molecule has 1 aromatic rings. The van der Waals surface area contributed by atoms with Gasteiger partial charge in [-0.15, -0.1) is 0 Å². The summed E-state index contributed by atoms with van der Waals surface area (Å²) in [5, 5.41) is 2.94. The minimum Gasteiger partial charge on any atom is -0.353 e. The van der Waals surface area contributed by atoms with Crippen LogP contribution in [-0.2, 0) is 9.59 Å². The van der Waals surface area contributed by atoms with E-state index in [-0.39, 0.29) is 35.2 Å². The van der Waals surface area contributed by atoms with Crippen LogP contribution in [0.3, 0.4) is 0 Å². The highest BCUT2D eigenvalue weighted by atomic mass is 35.5. The molecule has 22 heavy (non-hydrogen) atoms. The van der Waals surface area contributed by atoms with Crippen LogP contribution in [-0.4, -0.2) is 24.4 Å². The molecule has 2 rings (SSSR count). The standard InChI is InChI=1S/C16H20ClFN2O2/c1-3-11(4-2)19-16(22)10-7-15(21)20(9-10)12-5-6-14(18)13(17)8-12/h5-6,8,10-11H,3-4,7,9H2,1-2H3,(H,19,22). The summed E-state index contributed by atoms with van der Waals surface area (Å²) < 4.78 is 13.2. The van der Waals surface area contributed by atoms with Crippen LogP contribution in [0.5, 0.6) is 0 Å². The molecule has 0 radical (unpaired) electrons. The number of rotatable bonds is 5. The van der Waals surface area contributed by atoms with E-state index < -0.39 is 5.82 Å². The Bertz CT molecular complexity index is 575. The van der Waals surface area contributed by atoms with E-state index in [0.717, 1.165) is 12.8 Å². The normalized spacial score (nSPS) is 18.1. The molecule has 2 amide bonds. The molecule has 1 saturated heterocycles. The second-order valence-corrected chi connectivity index (χ2v) is 5.93. The minimum absolute atomic E-state index is 0.0322. The SMILES string of the molecule is CCC(CC)NC(=O)C1CC(=O)N(c2ccc(F)c(Cl)c2)C1. The van der Waals surface area contributed by atoms with Crippen molar-refractivity contribution in [1.82, 2.24) is 5.32 Å². The zero-order chi connectivity index (χ0) is 16.3. The summed E-state index contributed by atoms with van der Waals surface area (Å²) in [4.78, 5) is 25.8. The molecule has 1 heterocycles. The third-order valence-corrected chi connectivity index (χ3v) is 4.33. The van der Waals surface area contributed by atoms with Crippen LogP contribution in [0.1, 0.15) is 33.1 Å². The van der Waals surface area contributed by atoms with Crippen molar-refractivity contribution >= 4 is 29.1 Å². The Balaban J connectivity index is 2.07. The van der Waals surface area contributed by atoms with Gasteiger partial charge in [0, 0.05) is 24.7 Å². The van der Waals surface area contributed by atoms with E-state index in [1.54, 1.807) is 0 Å². The molecule has 1 aliphatic heterocycles. The lowest BCUT2D eigenvalue weighted by Gasteiger charge is -2.19. The number of amides is 2. The Kier molecular flexibility index (Phi) is 5.40. The molecule has 0 spiro atoms. The average molecular weight is 327 g/mol. The van der Waals surface area contributed by atoms with Gasteiger partial charge in [0.05, 0.1) is 10.9 Å². The van der Waals surface area contributed by atoms with E-state index in [4.69, 9.17) is 11.6 Å². The summed E-state index contributed by atoms with van der Waals surface area (Å²) in [6, 6.07) is 4.27. The molecule has 120 valence electrons. The van der Waals surface area contributed by atoms with Crippen molar-refractivity contribution < 1.29 is 14.0 Å². The molecule has 1 aliphatic rings. The Morgan fingerprint density at radius 2 is 2.14 bits per heavy atom. The van der Waals surface area contributed by atoms with E-state index in [2.05, 4.69) is 5.32 Å². The largest absolute Gasteiger partial charge is 0.353 e. The highest BCUT2D eigenvalue weighted by molar-refractivity contribution is 6.31. The Morgan fingerprint density at radius 3 is 2.73 bits per heavy atom. The lowest BCUT2D eigenvalue weighted by Crippen LogP contribution is -2.39. The van der Waals surface area contributed by atoms with Gasteiger partial charge in [-0.25, -0.2) is 4.39 Å². The van der Waals surface area contributed by atoms with Crippen molar-refractivity contribution in [3.8, 4) is 0 Å². The van der Waals surface area contributed by atoms with Crippen molar-refractivity contribution in [1.29, 1.82) is 0 Å². The zero-order valence-electron chi connectivity index (χ0n) is 12.7. The third kappa shape index (κ3) is 3.58. The van der Waals surface area contributed by atoms with Crippen LogP contribution in [0, 0.1) is 11.7 Å². The van der Waals surface area contributed by atoms with E-state index in [1.165, 1.54) is 23.1 Å². The van der Waals surface area contributed by atoms with Gasteiger partial charge in [0.25, 0.3) is 0 Å². The van der Waals surface area contributed by atoms with E-state index in [0.29, 0.717) is 12.2 Å². The second kappa shape index (κ2) is 7.09. The Labute approximate surface area is 134 Å². The van der Waals surface area contributed by atoms with Crippen LogP contribution in [0.25, 0.3) is 0 Å². The number of halogens is 2. The molecule has 1 unspecified atom stereocenters. The van der Waals surface area contributed by atoms with Crippen molar-refractivity contribution in [2.24, 2.45) is 5.92 Å². The lowest BCUT2D eigenvalue weighted by atomic mass is 10.1. The van der Waals surface area contributed by atoms with Gasteiger partial charge in [-0.3, -0.25) is 9.59 Å². The monoisotopic (exact) mass is 326 g/mol. The van der Waals surface area contributed by atoms with Gasteiger partial charge in [-0.2, -0.15) is 0 Å². The van der Waals surface area contributed by atoms with E-state index in [1.807, 2.05) is 13.8 Å². The van der Waals surface area contributed by atoms with Gasteiger partial charge in [0.15, 0.2) is 0 Å². The number of nitrogens with zero attached hydrogens (tertiary/aromatic N) is 1. The first-order valence-electron chi connectivity index (χ1n) is 7.52. The molecular weight excluding hydrogens is 307 g/mol. The maximum Gasteiger partial charge on any atom is 0.227 e. The molecule has 1 atom stereocenters. The number of nitrogens with one attached hydrogen (secondary N) is 1. The zero-order valence-corrected chi connectivity index (χ0v) is 13.5. The molecule has 1 N–H and O–H groups in total. The van der Waals surface area contributed by atoms with Crippen LogP contribution in [0.4, 0.5) is 10.1 Å². The number of carbonyl (C=O) groups excluding carboxylic acids is 2. The third-order valence-electron chi connectivity index (χ3n) is 4.04. The van der Waals surface area contributed by atoms with Crippen LogP contribution < -0.4 is 10.2 Å². The molecule has 6 heteroatoms. The summed E-state index contributed by atoms with van der Waals surface area (Å²) in [6.07, 6.45) is 1.89. The first-order chi connectivity index (χ1) is 10.5. The maximum absolute atomic E-state index is 13.2. The summed E-state index contributed by atoms with van der Waals surface area (Å²) in [7, 11) is 0. The Morgan fingerprint density at radius 1 is 1.45 bits per heavy atom. The minimum atomic E-state index is -0.528. The van der Waals surface area contributed by atoms with Crippen LogP contribution in [0.2, 0.25) is 5.02 Å². The summed E-state index contributed by atoms with van der Waals surface area (Å²) >= 11 is 5.75. The van der Waals surface area contributed by atoms with Crippen molar-refractivity contribution in [2.75, 3.05) is 11.4 Å². The lowest BCUT2D eigenvalue weighted by molar-refractivity contribution is -0.127. The summed E-state index contributed by atoms with van der Waals surface area (Å²) in [6.45, 7) is 4.33. The maximum atomic E-state index is 13.2. The molecule has 4 nitrogen and oxygen atoms in total. The molecule has 0 saturated carbocycles. The predicted octanol–water partition coefficient (Wildman–Crippen LogP) is 3.14. The molecular formula is C16H20ClFN2O2. The molecule has 0 bridgehead atoms. The van der Waals surface area contributed by atoms with Crippen molar-refractivity contribution in [2.45, 2.75) is 39.2 Å². The van der Waals surface area contributed by atoms with Gasteiger partial charge >= 0.3 is 0 Å². The first kappa shape index (κ1) is 16.7. The quantitative estimate of drug-likeness (QED) is 0.903. The van der Waals surface area contributed by atoms with Gasteiger partial charge in [-0.1, -0.05) is 25.4 Å². The van der Waals surface area contributed by atoms with Crippen LogP contribution >= 0.6 is 11.6 Å². The number of carbonyl (C=O) groups is 2. The van der Waals surface area contributed by atoms with Crippen molar-refractivity contribution in [3.63, 3.8) is 0 Å². The van der Waals surface area contributed by atoms with E-state index in [9.17, 15) is 14.0 Å². The fourth-order valence-electron chi connectivity index (χ4n) is 2.60. The summed E-state index contributed by atoms with van der Waals surface area (Å²) in [5.41, 5.74) is 0.522. The first-order valence-corrected chi connectivity index (χ1v) is 7.89. The number of hydrogen-bond acceptors (Lipinski definition) is 2. The van der Waals surface area contributed by atoms with E-state index >= 15 is 0 Å². The molecule has 1 fully saturated rings. The predicted molar refractivity (Wildman–Crippen MR) is 84.4 cm³/mol. The topological polar surface area (TPSA) is 49.4 Å². The average Bonchev–Trinajstić information content (AvgIpc) is 2.89. The van der Waals surface area contributed by atoms with Gasteiger partial charge in [-0.05, 0) is 31.0 Å². The number of anilines is 1.